The maximum absolute atomic E-state index is 12.8. The number of rotatable bonds is 5. The fraction of sp³-hybridized carbons (Fsp3) is 0.462. The molecule has 4 rings (SSSR count). The van der Waals surface area contributed by atoms with Gasteiger partial charge >= 0.3 is 0 Å². The van der Waals surface area contributed by atoms with Gasteiger partial charge in [-0.25, -0.2) is 0 Å². The number of nitrogens with zero attached hydrogens (tertiary/aromatic N) is 3. The Labute approximate surface area is 195 Å². The van der Waals surface area contributed by atoms with E-state index < -0.39 is 5.41 Å². The van der Waals surface area contributed by atoms with Crippen LogP contribution in [0, 0.1) is 5.41 Å². The number of hydrogen-bond acceptors (Lipinski definition) is 4. The van der Waals surface area contributed by atoms with Gasteiger partial charge in [-0.15, -0.1) is 0 Å². The third-order valence-corrected chi connectivity index (χ3v) is 7.30. The Balaban J connectivity index is 1.51. The van der Waals surface area contributed by atoms with Crippen molar-refractivity contribution in [2.75, 3.05) is 26.2 Å². The Morgan fingerprint density at radius 1 is 1.03 bits per heavy atom. The van der Waals surface area contributed by atoms with Gasteiger partial charge in [-0.2, -0.15) is 0 Å². The lowest BCUT2D eigenvalue weighted by Crippen LogP contribution is -2.50. The second kappa shape index (κ2) is 9.73. The standard InChI is InChI=1S/C26H32N4O3/c1-19(31)30-14-6-8-21(18-30)22-9-3-2-7-20(22)17-26(25(27)33)11-15-29(16-12-26)24(32)23-10-4-5-13-28-23/h2-5,7,9-10,13,21H,6,8,11-12,14-18H2,1H3,(H2,27,33)/t21-/m0/s1. The second-order valence-electron chi connectivity index (χ2n) is 9.33. The van der Waals surface area contributed by atoms with Crippen LogP contribution in [-0.4, -0.2) is 58.7 Å². The first kappa shape index (κ1) is 23.0. The van der Waals surface area contributed by atoms with Crippen LogP contribution in [0.25, 0.3) is 0 Å². The summed E-state index contributed by atoms with van der Waals surface area (Å²) in [6.45, 7) is 4.09. The van der Waals surface area contributed by atoms with Crippen molar-refractivity contribution in [1.82, 2.24) is 14.8 Å². The van der Waals surface area contributed by atoms with E-state index in [1.54, 1.807) is 36.2 Å². The van der Waals surface area contributed by atoms with Crippen molar-refractivity contribution >= 4 is 17.7 Å². The molecule has 174 valence electrons. The summed E-state index contributed by atoms with van der Waals surface area (Å²) < 4.78 is 0. The zero-order valence-electron chi connectivity index (χ0n) is 19.2. The Hall–Kier alpha value is -3.22. The number of pyridine rings is 1. The predicted octanol–water partition coefficient (Wildman–Crippen LogP) is 2.76. The number of likely N-dealkylation sites (tertiary alicyclic amines) is 2. The molecular formula is C26H32N4O3. The van der Waals surface area contributed by atoms with Crippen LogP contribution in [0.4, 0.5) is 0 Å². The predicted molar refractivity (Wildman–Crippen MR) is 125 cm³/mol. The lowest BCUT2D eigenvalue weighted by atomic mass is 9.71. The van der Waals surface area contributed by atoms with Gasteiger partial charge in [-0.1, -0.05) is 30.3 Å². The Morgan fingerprint density at radius 2 is 1.76 bits per heavy atom. The van der Waals surface area contributed by atoms with E-state index in [-0.39, 0.29) is 23.6 Å². The number of carbonyl (C=O) groups is 3. The van der Waals surface area contributed by atoms with Crippen LogP contribution < -0.4 is 5.73 Å². The number of benzene rings is 1. The summed E-state index contributed by atoms with van der Waals surface area (Å²) in [7, 11) is 0. The van der Waals surface area contributed by atoms with Crippen molar-refractivity contribution < 1.29 is 14.4 Å². The molecule has 2 aliphatic rings. The highest BCUT2D eigenvalue weighted by Gasteiger charge is 2.42. The molecule has 0 bridgehead atoms. The van der Waals surface area contributed by atoms with Crippen molar-refractivity contribution in [3.8, 4) is 0 Å². The fourth-order valence-electron chi connectivity index (χ4n) is 5.27. The quantitative estimate of drug-likeness (QED) is 0.761. The molecule has 7 nitrogen and oxygen atoms in total. The minimum atomic E-state index is -0.689. The van der Waals surface area contributed by atoms with E-state index in [0.717, 1.165) is 24.9 Å². The van der Waals surface area contributed by atoms with Crippen molar-refractivity contribution in [2.45, 2.75) is 44.9 Å². The highest BCUT2D eigenvalue weighted by atomic mass is 16.2. The second-order valence-corrected chi connectivity index (χ2v) is 9.33. The summed E-state index contributed by atoms with van der Waals surface area (Å²) in [6.07, 6.45) is 5.22. The monoisotopic (exact) mass is 448 g/mol. The average molecular weight is 449 g/mol. The molecule has 2 aliphatic heterocycles. The van der Waals surface area contributed by atoms with Crippen LogP contribution in [0.5, 0.6) is 0 Å². The van der Waals surface area contributed by atoms with E-state index in [2.05, 4.69) is 17.1 Å². The third-order valence-electron chi connectivity index (χ3n) is 7.30. The maximum atomic E-state index is 12.8. The number of amides is 3. The molecule has 2 fully saturated rings. The molecule has 2 saturated heterocycles. The van der Waals surface area contributed by atoms with E-state index in [9.17, 15) is 14.4 Å². The third kappa shape index (κ3) is 4.92. The van der Waals surface area contributed by atoms with Crippen LogP contribution >= 0.6 is 0 Å². The number of nitrogens with two attached hydrogens (primary N) is 1. The van der Waals surface area contributed by atoms with Gasteiger partial charge in [0.05, 0.1) is 5.41 Å². The summed E-state index contributed by atoms with van der Waals surface area (Å²) in [6, 6.07) is 13.5. The zero-order chi connectivity index (χ0) is 23.4. The van der Waals surface area contributed by atoms with Crippen LogP contribution in [-0.2, 0) is 16.0 Å². The molecule has 33 heavy (non-hydrogen) atoms. The average Bonchev–Trinajstić information content (AvgIpc) is 2.85. The minimum Gasteiger partial charge on any atom is -0.369 e. The molecule has 7 heteroatoms. The first-order valence-corrected chi connectivity index (χ1v) is 11.7. The number of primary amides is 1. The van der Waals surface area contributed by atoms with E-state index in [4.69, 9.17) is 5.73 Å². The Bertz CT molecular complexity index is 1020. The van der Waals surface area contributed by atoms with Crippen molar-refractivity contribution in [3.63, 3.8) is 0 Å². The van der Waals surface area contributed by atoms with Gasteiger partial charge in [0.1, 0.15) is 5.69 Å². The number of hydrogen-bond donors (Lipinski definition) is 1. The van der Waals surface area contributed by atoms with Gasteiger partial charge < -0.3 is 15.5 Å². The molecule has 0 unspecified atom stereocenters. The molecule has 2 aromatic rings. The lowest BCUT2D eigenvalue weighted by Gasteiger charge is -2.40. The summed E-state index contributed by atoms with van der Waals surface area (Å²) in [5.41, 5.74) is 8.02. The van der Waals surface area contributed by atoms with Gasteiger partial charge in [0.15, 0.2) is 0 Å². The highest BCUT2D eigenvalue weighted by molar-refractivity contribution is 5.92. The number of carbonyl (C=O) groups excluding carboxylic acids is 3. The molecule has 0 spiro atoms. The molecule has 0 saturated carbocycles. The van der Waals surface area contributed by atoms with Crippen LogP contribution in [0.3, 0.4) is 0 Å². The van der Waals surface area contributed by atoms with E-state index >= 15 is 0 Å². The smallest absolute Gasteiger partial charge is 0.272 e. The van der Waals surface area contributed by atoms with Gasteiger partial charge in [0, 0.05) is 45.2 Å². The van der Waals surface area contributed by atoms with Gasteiger partial charge in [0.2, 0.25) is 11.8 Å². The highest BCUT2D eigenvalue weighted by Crippen LogP contribution is 2.38. The summed E-state index contributed by atoms with van der Waals surface area (Å²) in [4.78, 5) is 45.3. The molecule has 3 heterocycles. The SMILES string of the molecule is CC(=O)N1CCC[C@H](c2ccccc2CC2(C(N)=O)CCN(C(=O)c3ccccn3)CC2)C1. The van der Waals surface area contributed by atoms with E-state index in [0.29, 0.717) is 44.6 Å². The molecule has 2 N–H and O–H groups in total. The first-order chi connectivity index (χ1) is 15.9. The lowest BCUT2D eigenvalue weighted by molar-refractivity contribution is -0.130. The normalized spacial score (nSPS) is 20.3. The zero-order valence-corrected chi connectivity index (χ0v) is 19.2. The van der Waals surface area contributed by atoms with Gasteiger partial charge in [0.25, 0.3) is 5.91 Å². The minimum absolute atomic E-state index is 0.107. The number of piperidine rings is 2. The maximum Gasteiger partial charge on any atom is 0.272 e. The summed E-state index contributed by atoms with van der Waals surface area (Å²) >= 11 is 0. The first-order valence-electron chi connectivity index (χ1n) is 11.7. The Morgan fingerprint density at radius 3 is 2.42 bits per heavy atom. The van der Waals surface area contributed by atoms with Gasteiger partial charge in [-0.05, 0) is 55.4 Å². The molecule has 1 aromatic carbocycles. The van der Waals surface area contributed by atoms with E-state index in [1.165, 1.54) is 5.56 Å². The topological polar surface area (TPSA) is 96.6 Å². The molecular weight excluding hydrogens is 416 g/mol. The number of aromatic nitrogens is 1. The Kier molecular flexibility index (Phi) is 6.77. The molecule has 0 aliphatic carbocycles. The molecule has 3 amide bonds. The van der Waals surface area contributed by atoms with Crippen molar-refractivity contribution in [2.24, 2.45) is 11.1 Å². The van der Waals surface area contributed by atoms with Crippen LogP contribution in [0.1, 0.15) is 60.1 Å². The van der Waals surface area contributed by atoms with Crippen molar-refractivity contribution in [3.05, 3.63) is 65.5 Å². The molecule has 0 radical (unpaired) electrons. The largest absolute Gasteiger partial charge is 0.369 e. The fourth-order valence-corrected chi connectivity index (χ4v) is 5.27. The molecule has 1 aromatic heterocycles. The summed E-state index contributed by atoms with van der Waals surface area (Å²) in [5.74, 6) is -0.0535. The molecule has 1 atom stereocenters. The van der Waals surface area contributed by atoms with Crippen molar-refractivity contribution in [1.29, 1.82) is 0 Å². The van der Waals surface area contributed by atoms with Crippen LogP contribution in [0.15, 0.2) is 48.7 Å². The summed E-state index contributed by atoms with van der Waals surface area (Å²) in [5, 5.41) is 0. The van der Waals surface area contributed by atoms with Gasteiger partial charge in [-0.3, -0.25) is 19.4 Å². The van der Waals surface area contributed by atoms with Crippen LogP contribution in [0.2, 0.25) is 0 Å². The van der Waals surface area contributed by atoms with E-state index in [1.807, 2.05) is 17.0 Å².